The molecule has 5 aromatic rings. The second kappa shape index (κ2) is 8.78. The number of fused-ring (bicyclic) bond motifs is 2. The standard InChI is InChI=1S/C27H26N6OS/c1-17(34)32-11-9-19(10-12-32)23-15-21(26-27(28)29-16-30-33(23)26)20-7-8-24-22(14-20)31-25(35-24)13-18-5-3-2-4-6-18/h2-8,14-16,19H,9-13H2,1H3,(H2,28,29,30). The Kier molecular flexibility index (Phi) is 5.45. The Morgan fingerprint density at radius 2 is 1.91 bits per heavy atom. The second-order valence-electron chi connectivity index (χ2n) is 9.12. The highest BCUT2D eigenvalue weighted by molar-refractivity contribution is 7.18. The maximum absolute atomic E-state index is 11.8. The van der Waals surface area contributed by atoms with Gasteiger partial charge in [0, 0.05) is 43.6 Å². The van der Waals surface area contributed by atoms with E-state index in [1.807, 2.05) is 15.5 Å². The number of nitrogens with two attached hydrogens (primary N) is 1. The third-order valence-corrected chi connectivity index (χ3v) is 7.95. The molecule has 8 heteroatoms. The fourth-order valence-electron chi connectivity index (χ4n) is 5.08. The van der Waals surface area contributed by atoms with Gasteiger partial charge >= 0.3 is 0 Å². The molecule has 35 heavy (non-hydrogen) atoms. The Hall–Kier alpha value is -3.78. The van der Waals surface area contributed by atoms with E-state index in [-0.39, 0.29) is 5.91 Å². The Bertz CT molecular complexity index is 1530. The second-order valence-corrected chi connectivity index (χ2v) is 10.2. The number of anilines is 1. The zero-order valence-corrected chi connectivity index (χ0v) is 20.3. The minimum atomic E-state index is 0.138. The molecule has 1 fully saturated rings. The molecule has 1 aliphatic heterocycles. The molecule has 0 bridgehead atoms. The molecular weight excluding hydrogens is 456 g/mol. The van der Waals surface area contributed by atoms with E-state index in [1.54, 1.807) is 18.3 Å². The Morgan fingerprint density at radius 3 is 2.69 bits per heavy atom. The molecule has 0 radical (unpaired) electrons. The van der Waals surface area contributed by atoms with Crippen molar-refractivity contribution in [2.75, 3.05) is 18.8 Å². The third kappa shape index (κ3) is 4.04. The topological polar surface area (TPSA) is 89.4 Å². The number of benzene rings is 2. The lowest BCUT2D eigenvalue weighted by atomic mass is 9.93. The predicted octanol–water partition coefficient (Wildman–Crippen LogP) is 4.90. The quantitative estimate of drug-likeness (QED) is 0.393. The molecule has 1 aliphatic rings. The number of nitrogens with zero attached hydrogens (tertiary/aromatic N) is 5. The van der Waals surface area contributed by atoms with E-state index in [9.17, 15) is 4.79 Å². The summed E-state index contributed by atoms with van der Waals surface area (Å²) in [5.74, 6) is 0.908. The molecule has 0 atom stereocenters. The van der Waals surface area contributed by atoms with Gasteiger partial charge in [-0.1, -0.05) is 36.4 Å². The Labute approximate surface area is 207 Å². The first-order chi connectivity index (χ1) is 17.1. The monoisotopic (exact) mass is 482 g/mol. The normalized spacial score (nSPS) is 14.7. The van der Waals surface area contributed by atoms with E-state index < -0.39 is 0 Å². The lowest BCUT2D eigenvalue weighted by Gasteiger charge is -2.31. The number of aromatic nitrogens is 4. The lowest BCUT2D eigenvalue weighted by molar-refractivity contribution is -0.129. The van der Waals surface area contributed by atoms with Gasteiger partial charge in [-0.2, -0.15) is 5.10 Å². The highest BCUT2D eigenvalue weighted by Crippen LogP contribution is 2.38. The maximum Gasteiger partial charge on any atom is 0.219 e. The van der Waals surface area contributed by atoms with Crippen LogP contribution >= 0.6 is 11.3 Å². The molecule has 0 unspecified atom stereocenters. The van der Waals surface area contributed by atoms with Crippen LogP contribution in [0.1, 0.15) is 41.9 Å². The van der Waals surface area contributed by atoms with Gasteiger partial charge in [0.25, 0.3) is 0 Å². The summed E-state index contributed by atoms with van der Waals surface area (Å²) in [5, 5.41) is 5.66. The van der Waals surface area contributed by atoms with Gasteiger partial charge in [0.15, 0.2) is 5.82 Å². The van der Waals surface area contributed by atoms with E-state index in [1.165, 1.54) is 16.6 Å². The molecule has 1 amide bonds. The van der Waals surface area contributed by atoms with Gasteiger partial charge in [0.05, 0.1) is 15.2 Å². The molecule has 0 aliphatic carbocycles. The zero-order chi connectivity index (χ0) is 23.9. The maximum atomic E-state index is 11.8. The molecule has 0 spiro atoms. The molecular formula is C27H26N6OS. The van der Waals surface area contributed by atoms with Gasteiger partial charge in [0.1, 0.15) is 11.8 Å². The number of rotatable bonds is 4. The fraction of sp³-hybridized carbons (Fsp3) is 0.259. The number of hydrogen-bond donors (Lipinski definition) is 1. The number of piperidine rings is 1. The largest absolute Gasteiger partial charge is 0.382 e. The smallest absolute Gasteiger partial charge is 0.219 e. The average molecular weight is 483 g/mol. The van der Waals surface area contributed by atoms with E-state index in [4.69, 9.17) is 10.7 Å². The van der Waals surface area contributed by atoms with Gasteiger partial charge < -0.3 is 10.6 Å². The number of nitrogen functional groups attached to an aromatic ring is 1. The summed E-state index contributed by atoms with van der Waals surface area (Å²) in [6.07, 6.45) is 4.15. The molecule has 3 aromatic heterocycles. The highest BCUT2D eigenvalue weighted by Gasteiger charge is 2.26. The molecule has 7 nitrogen and oxygen atoms in total. The minimum Gasteiger partial charge on any atom is -0.382 e. The zero-order valence-electron chi connectivity index (χ0n) is 19.5. The van der Waals surface area contributed by atoms with Crippen molar-refractivity contribution in [2.45, 2.75) is 32.1 Å². The van der Waals surface area contributed by atoms with Gasteiger partial charge in [-0.3, -0.25) is 4.79 Å². The summed E-state index contributed by atoms with van der Waals surface area (Å²) < 4.78 is 3.11. The molecule has 2 aromatic carbocycles. The number of carbonyl (C=O) groups excluding carboxylic acids is 1. The van der Waals surface area contributed by atoms with Gasteiger partial charge in [0.2, 0.25) is 5.91 Å². The van der Waals surface area contributed by atoms with Crippen molar-refractivity contribution >= 4 is 38.8 Å². The first-order valence-corrected chi connectivity index (χ1v) is 12.7. The van der Waals surface area contributed by atoms with Crippen LogP contribution < -0.4 is 5.73 Å². The predicted molar refractivity (Wildman–Crippen MR) is 139 cm³/mol. The lowest BCUT2D eigenvalue weighted by Crippen LogP contribution is -2.36. The highest BCUT2D eigenvalue weighted by atomic mass is 32.1. The van der Waals surface area contributed by atoms with Crippen molar-refractivity contribution in [3.63, 3.8) is 0 Å². The minimum absolute atomic E-state index is 0.138. The van der Waals surface area contributed by atoms with Gasteiger partial charge in [-0.25, -0.2) is 14.5 Å². The average Bonchev–Trinajstić information content (AvgIpc) is 3.46. The third-order valence-electron chi connectivity index (χ3n) is 6.91. The number of hydrogen-bond acceptors (Lipinski definition) is 6. The molecule has 0 saturated carbocycles. The Morgan fingerprint density at radius 1 is 1.11 bits per heavy atom. The van der Waals surface area contributed by atoms with E-state index >= 15 is 0 Å². The molecule has 1 saturated heterocycles. The van der Waals surface area contributed by atoms with Crippen molar-refractivity contribution in [3.8, 4) is 11.1 Å². The number of likely N-dealkylation sites (tertiary alicyclic amines) is 1. The fourth-order valence-corrected chi connectivity index (χ4v) is 6.06. The van der Waals surface area contributed by atoms with Crippen molar-refractivity contribution in [1.82, 2.24) is 24.5 Å². The molecule has 2 N–H and O–H groups in total. The van der Waals surface area contributed by atoms with Crippen LogP contribution in [0, 0.1) is 0 Å². The van der Waals surface area contributed by atoms with Gasteiger partial charge in [-0.15, -0.1) is 11.3 Å². The van der Waals surface area contributed by atoms with E-state index in [2.05, 4.69) is 58.6 Å². The van der Waals surface area contributed by atoms with Crippen LogP contribution in [0.25, 0.3) is 26.9 Å². The number of amides is 1. The summed E-state index contributed by atoms with van der Waals surface area (Å²) in [6.45, 7) is 3.16. The van der Waals surface area contributed by atoms with E-state index in [0.29, 0.717) is 11.7 Å². The first kappa shape index (κ1) is 21.7. The SMILES string of the molecule is CC(=O)N1CCC(c2cc(-c3ccc4sc(Cc5ccccc5)nc4c3)c3c(N)ncnn23)CC1. The van der Waals surface area contributed by atoms with Crippen LogP contribution in [0.2, 0.25) is 0 Å². The van der Waals surface area contributed by atoms with Crippen LogP contribution in [0.5, 0.6) is 0 Å². The van der Waals surface area contributed by atoms with Crippen LogP contribution in [0.15, 0.2) is 60.9 Å². The molecule has 6 rings (SSSR count). The van der Waals surface area contributed by atoms with Crippen molar-refractivity contribution in [2.24, 2.45) is 0 Å². The molecule has 176 valence electrons. The van der Waals surface area contributed by atoms with Gasteiger partial charge in [-0.05, 0) is 42.2 Å². The van der Waals surface area contributed by atoms with Crippen LogP contribution in [-0.2, 0) is 11.2 Å². The summed E-state index contributed by atoms with van der Waals surface area (Å²) in [4.78, 5) is 22.9. The summed E-state index contributed by atoms with van der Waals surface area (Å²) in [7, 11) is 0. The Balaban J connectivity index is 1.38. The first-order valence-electron chi connectivity index (χ1n) is 11.9. The van der Waals surface area contributed by atoms with Crippen molar-refractivity contribution in [1.29, 1.82) is 0 Å². The summed E-state index contributed by atoms with van der Waals surface area (Å²) in [6, 6.07) is 19.1. The molecule has 4 heterocycles. The number of carbonyl (C=O) groups is 1. The van der Waals surface area contributed by atoms with Crippen molar-refractivity contribution < 1.29 is 4.79 Å². The van der Waals surface area contributed by atoms with Crippen LogP contribution in [0.4, 0.5) is 5.82 Å². The van der Waals surface area contributed by atoms with Crippen LogP contribution in [-0.4, -0.2) is 43.5 Å². The number of thiazole rings is 1. The summed E-state index contributed by atoms with van der Waals surface area (Å²) in [5.41, 5.74) is 12.6. The van der Waals surface area contributed by atoms with Crippen molar-refractivity contribution in [3.05, 3.63) is 77.2 Å². The van der Waals surface area contributed by atoms with E-state index in [0.717, 1.165) is 65.2 Å². The van der Waals surface area contributed by atoms with Crippen LogP contribution in [0.3, 0.4) is 0 Å². The summed E-state index contributed by atoms with van der Waals surface area (Å²) >= 11 is 1.74.